The normalized spacial score (nSPS) is 14.6. The van der Waals surface area contributed by atoms with Crippen molar-refractivity contribution < 1.29 is 9.59 Å². The molecule has 2 aromatic carbocycles. The van der Waals surface area contributed by atoms with Gasteiger partial charge in [-0.05, 0) is 30.4 Å². The van der Waals surface area contributed by atoms with E-state index in [1.54, 1.807) is 10.7 Å². The summed E-state index contributed by atoms with van der Waals surface area (Å²) in [6.07, 6.45) is 0.804. The van der Waals surface area contributed by atoms with Crippen LogP contribution < -0.4 is 5.32 Å². The van der Waals surface area contributed by atoms with E-state index >= 15 is 0 Å². The van der Waals surface area contributed by atoms with Gasteiger partial charge in [-0.2, -0.15) is 5.10 Å². The molecule has 0 saturated carbocycles. The number of hydrogen-bond donors (Lipinski definition) is 1. The Morgan fingerprint density at radius 2 is 1.84 bits per heavy atom. The molecule has 0 aliphatic carbocycles. The fourth-order valence-electron chi connectivity index (χ4n) is 3.85. The molecule has 160 valence electrons. The smallest absolute Gasteiger partial charge is 0.272 e. The maximum absolute atomic E-state index is 13.1. The van der Waals surface area contributed by atoms with Crippen molar-refractivity contribution in [3.05, 3.63) is 88.7 Å². The Morgan fingerprint density at radius 1 is 1.10 bits per heavy atom. The Bertz CT molecular complexity index is 1060. The number of amides is 2. The minimum Gasteiger partial charge on any atom is -0.350 e. The lowest BCUT2D eigenvalue weighted by Gasteiger charge is -2.20. The number of carbonyl (C=O) groups is 2. The van der Waals surface area contributed by atoms with Crippen LogP contribution in [0.4, 0.5) is 0 Å². The summed E-state index contributed by atoms with van der Waals surface area (Å²) >= 11 is 0. The van der Waals surface area contributed by atoms with Crippen LogP contribution in [0.2, 0.25) is 0 Å². The summed E-state index contributed by atoms with van der Waals surface area (Å²) < 4.78 is 1.67. The highest BCUT2D eigenvalue weighted by Crippen LogP contribution is 2.18. The van der Waals surface area contributed by atoms with E-state index in [1.165, 1.54) is 11.1 Å². The molecule has 1 aliphatic rings. The highest BCUT2D eigenvalue weighted by molar-refractivity contribution is 5.98. The van der Waals surface area contributed by atoms with Crippen molar-refractivity contribution in [2.75, 3.05) is 13.1 Å². The summed E-state index contributed by atoms with van der Waals surface area (Å²) in [5, 5.41) is 7.38. The van der Waals surface area contributed by atoms with Gasteiger partial charge in [-0.3, -0.25) is 14.3 Å². The minimum atomic E-state index is -0.249. The first-order valence-electron chi connectivity index (χ1n) is 10.8. The molecular formula is C25H28N4O2. The average molecular weight is 417 g/mol. The molecule has 1 unspecified atom stereocenters. The molecule has 1 aliphatic heterocycles. The molecule has 6 heteroatoms. The number of aromatic nitrogens is 2. The van der Waals surface area contributed by atoms with Crippen LogP contribution in [0.5, 0.6) is 0 Å². The van der Waals surface area contributed by atoms with Gasteiger partial charge in [-0.25, -0.2) is 0 Å². The zero-order chi connectivity index (χ0) is 21.8. The Labute approximate surface area is 182 Å². The lowest BCUT2D eigenvalue weighted by molar-refractivity contribution is 0.0745. The second-order valence-corrected chi connectivity index (χ2v) is 8.23. The van der Waals surface area contributed by atoms with E-state index in [4.69, 9.17) is 0 Å². The third-order valence-corrected chi connectivity index (χ3v) is 5.75. The Hall–Kier alpha value is -3.41. The van der Waals surface area contributed by atoms with Gasteiger partial charge in [0, 0.05) is 32.2 Å². The molecule has 1 aromatic heterocycles. The maximum Gasteiger partial charge on any atom is 0.272 e. The number of nitrogens with zero attached hydrogens (tertiary/aromatic N) is 3. The summed E-state index contributed by atoms with van der Waals surface area (Å²) in [6.45, 7) is 6.49. The molecule has 2 heterocycles. The van der Waals surface area contributed by atoms with Crippen molar-refractivity contribution in [2.45, 2.75) is 39.3 Å². The van der Waals surface area contributed by atoms with Gasteiger partial charge < -0.3 is 10.2 Å². The molecule has 1 N–H and O–H groups in total. The van der Waals surface area contributed by atoms with E-state index < -0.39 is 0 Å². The fourth-order valence-corrected chi connectivity index (χ4v) is 3.85. The SMILES string of the molecule is Cc1ccc(CN2CCCn3nc(C(=O)NCC(C)c4ccccc4)cc3C2=O)cc1. The predicted octanol–water partition coefficient (Wildman–Crippen LogP) is 3.77. The third kappa shape index (κ3) is 4.85. The molecule has 0 spiro atoms. The number of fused-ring (bicyclic) bond motifs is 1. The van der Waals surface area contributed by atoms with Crippen molar-refractivity contribution in [3.63, 3.8) is 0 Å². The van der Waals surface area contributed by atoms with Gasteiger partial charge in [0.25, 0.3) is 11.8 Å². The first-order chi connectivity index (χ1) is 15.0. The van der Waals surface area contributed by atoms with Crippen molar-refractivity contribution in [3.8, 4) is 0 Å². The van der Waals surface area contributed by atoms with Gasteiger partial charge >= 0.3 is 0 Å². The summed E-state index contributed by atoms with van der Waals surface area (Å²) in [4.78, 5) is 27.6. The van der Waals surface area contributed by atoms with Crippen LogP contribution in [-0.4, -0.2) is 39.6 Å². The summed E-state index contributed by atoms with van der Waals surface area (Å²) in [7, 11) is 0. The molecule has 4 rings (SSSR count). The fraction of sp³-hybridized carbons (Fsp3) is 0.320. The second kappa shape index (κ2) is 9.16. The molecule has 3 aromatic rings. The monoisotopic (exact) mass is 416 g/mol. The summed E-state index contributed by atoms with van der Waals surface area (Å²) in [6, 6.07) is 19.9. The molecule has 1 atom stereocenters. The van der Waals surface area contributed by atoms with E-state index in [0.717, 1.165) is 12.0 Å². The Morgan fingerprint density at radius 3 is 2.58 bits per heavy atom. The van der Waals surface area contributed by atoms with E-state index in [1.807, 2.05) is 30.0 Å². The third-order valence-electron chi connectivity index (χ3n) is 5.75. The topological polar surface area (TPSA) is 67.2 Å². The molecule has 0 radical (unpaired) electrons. The standard InChI is InChI=1S/C25H28N4O2/c1-18-9-11-20(12-10-18)17-28-13-6-14-29-23(25(28)31)15-22(27-29)24(30)26-16-19(2)21-7-4-3-5-8-21/h3-5,7-12,15,19H,6,13-14,16-17H2,1-2H3,(H,26,30). The number of rotatable bonds is 6. The average Bonchev–Trinajstić information content (AvgIpc) is 3.16. The molecule has 0 bridgehead atoms. The molecule has 0 fully saturated rings. The van der Waals surface area contributed by atoms with Crippen LogP contribution >= 0.6 is 0 Å². The zero-order valence-electron chi connectivity index (χ0n) is 18.0. The molecule has 2 amide bonds. The quantitative estimate of drug-likeness (QED) is 0.665. The van der Waals surface area contributed by atoms with Gasteiger partial charge in [0.2, 0.25) is 0 Å². The van der Waals surface area contributed by atoms with Gasteiger partial charge in [-0.15, -0.1) is 0 Å². The predicted molar refractivity (Wildman–Crippen MR) is 120 cm³/mol. The highest BCUT2D eigenvalue weighted by atomic mass is 16.2. The minimum absolute atomic E-state index is 0.0812. The first kappa shape index (κ1) is 20.8. The number of aryl methyl sites for hydroxylation is 2. The number of benzene rings is 2. The van der Waals surface area contributed by atoms with E-state index in [2.05, 4.69) is 53.7 Å². The van der Waals surface area contributed by atoms with Crippen molar-refractivity contribution >= 4 is 11.8 Å². The van der Waals surface area contributed by atoms with Crippen LogP contribution in [0, 0.1) is 6.92 Å². The Kier molecular flexibility index (Phi) is 6.16. The molecule has 31 heavy (non-hydrogen) atoms. The lowest BCUT2D eigenvalue weighted by atomic mass is 10.0. The Balaban J connectivity index is 1.43. The van der Waals surface area contributed by atoms with Gasteiger partial charge in [-0.1, -0.05) is 67.1 Å². The summed E-state index contributed by atoms with van der Waals surface area (Å²) in [5.41, 5.74) is 4.23. The largest absolute Gasteiger partial charge is 0.350 e. The lowest BCUT2D eigenvalue weighted by Crippen LogP contribution is -2.30. The summed E-state index contributed by atoms with van der Waals surface area (Å²) in [5.74, 6) is -0.138. The molecule has 6 nitrogen and oxygen atoms in total. The van der Waals surface area contributed by atoms with Crippen LogP contribution in [-0.2, 0) is 13.1 Å². The van der Waals surface area contributed by atoms with Crippen molar-refractivity contribution in [1.82, 2.24) is 20.0 Å². The number of carbonyl (C=O) groups excluding carboxylic acids is 2. The first-order valence-corrected chi connectivity index (χ1v) is 10.8. The van der Waals surface area contributed by atoms with Crippen molar-refractivity contribution in [2.24, 2.45) is 0 Å². The maximum atomic E-state index is 13.1. The van der Waals surface area contributed by atoms with E-state index in [-0.39, 0.29) is 17.7 Å². The van der Waals surface area contributed by atoms with Gasteiger partial charge in [0.05, 0.1) is 0 Å². The van der Waals surface area contributed by atoms with Crippen LogP contribution in [0.25, 0.3) is 0 Å². The highest BCUT2D eigenvalue weighted by Gasteiger charge is 2.26. The van der Waals surface area contributed by atoms with E-state index in [0.29, 0.717) is 37.6 Å². The number of hydrogen-bond acceptors (Lipinski definition) is 3. The second-order valence-electron chi connectivity index (χ2n) is 8.23. The van der Waals surface area contributed by atoms with Crippen LogP contribution in [0.15, 0.2) is 60.7 Å². The van der Waals surface area contributed by atoms with Gasteiger partial charge in [0.15, 0.2) is 5.69 Å². The zero-order valence-corrected chi connectivity index (χ0v) is 18.0. The van der Waals surface area contributed by atoms with Crippen molar-refractivity contribution in [1.29, 1.82) is 0 Å². The molecular weight excluding hydrogens is 388 g/mol. The van der Waals surface area contributed by atoms with Crippen LogP contribution in [0.3, 0.4) is 0 Å². The number of nitrogens with one attached hydrogen (secondary N) is 1. The van der Waals surface area contributed by atoms with E-state index in [9.17, 15) is 9.59 Å². The molecule has 0 saturated heterocycles. The van der Waals surface area contributed by atoms with Crippen LogP contribution in [0.1, 0.15) is 56.9 Å². The van der Waals surface area contributed by atoms with Gasteiger partial charge in [0.1, 0.15) is 5.69 Å².